The molecule has 0 fully saturated rings. The van der Waals surface area contributed by atoms with Gasteiger partial charge in [0, 0.05) is 0 Å². The Hall–Kier alpha value is -2.26. The molecule has 1 aliphatic rings. The number of methoxy groups -OCH3 is 1. The van der Waals surface area contributed by atoms with E-state index in [1.165, 1.54) is 5.57 Å². The summed E-state index contributed by atoms with van der Waals surface area (Å²) in [6, 6.07) is 5.56. The van der Waals surface area contributed by atoms with Crippen molar-refractivity contribution in [1.29, 1.82) is 0 Å². The summed E-state index contributed by atoms with van der Waals surface area (Å²) in [5.74, 6) is 0.692. The van der Waals surface area contributed by atoms with Gasteiger partial charge in [0.05, 0.1) is 17.8 Å². The lowest BCUT2D eigenvalue weighted by molar-refractivity contribution is -0.111. The van der Waals surface area contributed by atoms with Crippen molar-refractivity contribution in [2.75, 3.05) is 12.4 Å². The van der Waals surface area contributed by atoms with Gasteiger partial charge in [-0.3, -0.25) is 4.79 Å². The van der Waals surface area contributed by atoms with Crippen LogP contribution in [0.4, 0.5) is 5.69 Å². The van der Waals surface area contributed by atoms with E-state index >= 15 is 0 Å². The third kappa shape index (κ3) is 4.87. The van der Waals surface area contributed by atoms with Crippen molar-refractivity contribution in [1.82, 2.24) is 0 Å². The van der Waals surface area contributed by atoms with Crippen molar-refractivity contribution in [3.8, 4) is 0 Å². The Morgan fingerprint density at radius 1 is 1.33 bits per heavy atom. The summed E-state index contributed by atoms with van der Waals surface area (Å²) in [4.78, 5) is 12.0. The Balaban J connectivity index is 1.94. The van der Waals surface area contributed by atoms with Gasteiger partial charge in [-0.15, -0.1) is 0 Å². The van der Waals surface area contributed by atoms with Crippen LogP contribution in [0.3, 0.4) is 0 Å². The number of benzene rings is 1. The Kier molecular flexibility index (Phi) is 6.44. The molecule has 1 aliphatic carbocycles. The summed E-state index contributed by atoms with van der Waals surface area (Å²) < 4.78 is 5.32. The SMILES string of the molecule is COC1=CC=C(C/C=C/C(=O)Nc2cccc(C)c2Cl)CC=C1C. The molecule has 1 amide bonds. The number of carbonyl (C=O) groups excluding carboxylic acids is 1. The number of nitrogens with one attached hydrogen (secondary N) is 1. The van der Waals surface area contributed by atoms with Crippen LogP contribution in [-0.2, 0) is 9.53 Å². The highest BCUT2D eigenvalue weighted by molar-refractivity contribution is 6.34. The van der Waals surface area contributed by atoms with E-state index < -0.39 is 0 Å². The number of anilines is 1. The van der Waals surface area contributed by atoms with Crippen molar-refractivity contribution in [2.24, 2.45) is 0 Å². The Labute approximate surface area is 148 Å². The third-order valence-corrected chi connectivity index (χ3v) is 4.35. The summed E-state index contributed by atoms with van der Waals surface area (Å²) in [5.41, 5.74) is 3.91. The molecule has 4 heteroatoms. The second-order valence-corrected chi connectivity index (χ2v) is 6.06. The largest absolute Gasteiger partial charge is 0.497 e. The number of carbonyl (C=O) groups is 1. The monoisotopic (exact) mass is 343 g/mol. The van der Waals surface area contributed by atoms with Gasteiger partial charge >= 0.3 is 0 Å². The number of hydrogen-bond donors (Lipinski definition) is 1. The molecule has 2 rings (SSSR count). The molecular formula is C20H22ClNO2. The fraction of sp³-hybridized carbons (Fsp3) is 0.250. The van der Waals surface area contributed by atoms with Crippen LogP contribution in [0.1, 0.15) is 25.3 Å². The highest BCUT2D eigenvalue weighted by Crippen LogP contribution is 2.25. The lowest BCUT2D eigenvalue weighted by Gasteiger charge is -2.06. The van der Waals surface area contributed by atoms with Gasteiger partial charge in [-0.2, -0.15) is 0 Å². The molecule has 0 spiro atoms. The minimum atomic E-state index is -0.184. The van der Waals surface area contributed by atoms with Crippen LogP contribution in [0.25, 0.3) is 0 Å². The average Bonchev–Trinajstić information content (AvgIpc) is 2.73. The molecule has 0 aliphatic heterocycles. The number of rotatable bonds is 5. The zero-order valence-electron chi connectivity index (χ0n) is 14.2. The molecule has 24 heavy (non-hydrogen) atoms. The molecule has 0 radical (unpaired) electrons. The van der Waals surface area contributed by atoms with E-state index in [2.05, 4.69) is 11.4 Å². The first-order valence-electron chi connectivity index (χ1n) is 7.84. The van der Waals surface area contributed by atoms with Crippen LogP contribution in [0.15, 0.2) is 65.5 Å². The molecule has 1 aromatic carbocycles. The Bertz CT molecular complexity index is 742. The van der Waals surface area contributed by atoms with Crippen LogP contribution >= 0.6 is 11.6 Å². The van der Waals surface area contributed by atoms with Gasteiger partial charge in [0.2, 0.25) is 5.91 Å². The Morgan fingerprint density at radius 2 is 2.12 bits per heavy atom. The van der Waals surface area contributed by atoms with Gasteiger partial charge in [-0.05, 0) is 56.0 Å². The van der Waals surface area contributed by atoms with Crippen LogP contribution < -0.4 is 5.32 Å². The number of allylic oxidation sites excluding steroid dienone is 6. The van der Waals surface area contributed by atoms with Crippen LogP contribution in [-0.4, -0.2) is 13.0 Å². The molecule has 0 aromatic heterocycles. The van der Waals surface area contributed by atoms with Crippen LogP contribution in [0.5, 0.6) is 0 Å². The van der Waals surface area contributed by atoms with E-state index in [-0.39, 0.29) is 5.91 Å². The average molecular weight is 344 g/mol. The van der Waals surface area contributed by atoms with Gasteiger partial charge < -0.3 is 10.1 Å². The zero-order valence-corrected chi connectivity index (χ0v) is 15.0. The topological polar surface area (TPSA) is 38.3 Å². The van der Waals surface area contributed by atoms with E-state index in [9.17, 15) is 4.79 Å². The molecule has 0 saturated heterocycles. The predicted octanol–water partition coefficient (Wildman–Crippen LogP) is 5.34. The fourth-order valence-corrected chi connectivity index (χ4v) is 2.57. The van der Waals surface area contributed by atoms with E-state index in [1.807, 2.05) is 44.2 Å². The highest BCUT2D eigenvalue weighted by Gasteiger charge is 2.06. The van der Waals surface area contributed by atoms with E-state index in [0.29, 0.717) is 17.1 Å². The van der Waals surface area contributed by atoms with Crippen LogP contribution in [0, 0.1) is 6.92 Å². The molecule has 126 valence electrons. The first-order valence-corrected chi connectivity index (χ1v) is 8.22. The molecule has 0 unspecified atom stereocenters. The van der Waals surface area contributed by atoms with Crippen molar-refractivity contribution in [3.05, 3.63) is 76.1 Å². The van der Waals surface area contributed by atoms with Crippen molar-refractivity contribution < 1.29 is 9.53 Å². The maximum atomic E-state index is 12.0. The van der Waals surface area contributed by atoms with E-state index in [1.54, 1.807) is 19.3 Å². The summed E-state index contributed by atoms with van der Waals surface area (Å²) in [6.07, 6.45) is 11.1. The van der Waals surface area contributed by atoms with Crippen molar-refractivity contribution >= 4 is 23.2 Å². The molecule has 0 heterocycles. The smallest absolute Gasteiger partial charge is 0.248 e. The van der Waals surface area contributed by atoms with Gasteiger partial charge in [0.25, 0.3) is 0 Å². The predicted molar refractivity (Wildman–Crippen MR) is 100 cm³/mol. The maximum Gasteiger partial charge on any atom is 0.248 e. The summed E-state index contributed by atoms with van der Waals surface area (Å²) in [7, 11) is 1.67. The maximum absolute atomic E-state index is 12.0. The number of ether oxygens (including phenoxy) is 1. The van der Waals surface area contributed by atoms with Gasteiger partial charge in [-0.25, -0.2) is 0 Å². The fourth-order valence-electron chi connectivity index (χ4n) is 2.39. The minimum absolute atomic E-state index is 0.184. The van der Waals surface area contributed by atoms with Gasteiger partial charge in [-0.1, -0.05) is 47.5 Å². The van der Waals surface area contributed by atoms with Crippen molar-refractivity contribution in [2.45, 2.75) is 26.7 Å². The molecule has 1 N–H and O–H groups in total. The second-order valence-electron chi connectivity index (χ2n) is 5.68. The standard InChI is InChI=1S/C20H22ClNO2/c1-14-10-11-16(12-13-18(14)24-3)7-5-9-19(23)22-17-8-4-6-15(2)20(17)21/h4-6,8-10,12-13H,7,11H2,1-3H3,(H,22,23)/b9-5+. The second kappa shape index (κ2) is 8.55. The summed E-state index contributed by atoms with van der Waals surface area (Å²) in [5, 5.41) is 3.38. The van der Waals surface area contributed by atoms with E-state index in [0.717, 1.165) is 23.3 Å². The molecular weight excluding hydrogens is 322 g/mol. The summed E-state index contributed by atoms with van der Waals surface area (Å²) >= 11 is 6.18. The van der Waals surface area contributed by atoms with Gasteiger partial charge in [0.15, 0.2) is 0 Å². The van der Waals surface area contributed by atoms with Gasteiger partial charge in [0.1, 0.15) is 5.76 Å². The molecule has 1 aromatic rings. The zero-order chi connectivity index (χ0) is 17.5. The first-order chi connectivity index (χ1) is 11.5. The first kappa shape index (κ1) is 18.1. The van der Waals surface area contributed by atoms with E-state index in [4.69, 9.17) is 16.3 Å². The molecule has 0 bridgehead atoms. The highest BCUT2D eigenvalue weighted by atomic mass is 35.5. The number of amides is 1. The lowest BCUT2D eigenvalue weighted by atomic mass is 10.1. The molecule has 0 saturated carbocycles. The quantitative estimate of drug-likeness (QED) is 0.733. The molecule has 3 nitrogen and oxygen atoms in total. The van der Waals surface area contributed by atoms with Crippen LogP contribution in [0.2, 0.25) is 5.02 Å². The normalized spacial score (nSPS) is 14.6. The number of halogens is 1. The number of aryl methyl sites for hydroxylation is 1. The minimum Gasteiger partial charge on any atom is -0.497 e. The Morgan fingerprint density at radius 3 is 2.88 bits per heavy atom. The lowest BCUT2D eigenvalue weighted by Crippen LogP contribution is -2.08. The summed E-state index contributed by atoms with van der Waals surface area (Å²) in [6.45, 7) is 3.94. The third-order valence-electron chi connectivity index (χ3n) is 3.85. The number of hydrogen-bond acceptors (Lipinski definition) is 2. The molecule has 0 atom stereocenters. The van der Waals surface area contributed by atoms with Crippen molar-refractivity contribution in [3.63, 3.8) is 0 Å².